The maximum absolute atomic E-state index is 12.4. The van der Waals surface area contributed by atoms with Crippen molar-refractivity contribution in [1.29, 1.82) is 0 Å². The number of nitrogens with one attached hydrogen (secondary N) is 2. The molecule has 0 aliphatic heterocycles. The Labute approximate surface area is 157 Å². The predicted molar refractivity (Wildman–Crippen MR) is 105 cm³/mol. The lowest BCUT2D eigenvalue weighted by molar-refractivity contribution is 0.0950. The van der Waals surface area contributed by atoms with Crippen molar-refractivity contribution in [2.45, 2.75) is 25.3 Å². The zero-order valence-corrected chi connectivity index (χ0v) is 16.1. The second-order valence-electron chi connectivity index (χ2n) is 6.63. The van der Waals surface area contributed by atoms with E-state index < -0.39 is 15.7 Å². The van der Waals surface area contributed by atoms with E-state index in [9.17, 15) is 18.0 Å². The molecule has 0 atom stereocenters. The van der Waals surface area contributed by atoms with Crippen LogP contribution in [0.2, 0.25) is 0 Å². The number of hydrogen-bond acceptors (Lipinski definition) is 4. The van der Waals surface area contributed by atoms with E-state index in [1.54, 1.807) is 6.07 Å². The van der Waals surface area contributed by atoms with E-state index in [0.717, 1.165) is 28.3 Å². The molecule has 1 amide bonds. The molecular formula is C20H20N2O4S. The fourth-order valence-corrected chi connectivity index (χ4v) is 3.47. The van der Waals surface area contributed by atoms with Crippen LogP contribution in [0.25, 0.3) is 10.9 Å². The number of aromatic nitrogens is 1. The number of amides is 1. The monoisotopic (exact) mass is 384 g/mol. The SMILES string of the molecule is Cc1cc2cc(CNC(=O)c3cccc(S(C)(=O)=O)c3)c(=O)[nH]c2cc1C. The van der Waals surface area contributed by atoms with Gasteiger partial charge in [0, 0.05) is 29.4 Å². The van der Waals surface area contributed by atoms with Gasteiger partial charge in [-0.25, -0.2) is 8.42 Å². The van der Waals surface area contributed by atoms with Gasteiger partial charge in [0.05, 0.1) is 4.90 Å². The summed E-state index contributed by atoms with van der Waals surface area (Å²) in [7, 11) is -3.40. The summed E-state index contributed by atoms with van der Waals surface area (Å²) < 4.78 is 23.3. The van der Waals surface area contributed by atoms with E-state index in [4.69, 9.17) is 0 Å². The van der Waals surface area contributed by atoms with E-state index in [2.05, 4.69) is 10.3 Å². The van der Waals surface area contributed by atoms with Crippen LogP contribution in [0.15, 0.2) is 52.2 Å². The summed E-state index contributed by atoms with van der Waals surface area (Å²) >= 11 is 0. The Morgan fingerprint density at radius 1 is 1.07 bits per heavy atom. The molecule has 3 rings (SSSR count). The molecule has 2 N–H and O–H groups in total. The fraction of sp³-hybridized carbons (Fsp3) is 0.200. The van der Waals surface area contributed by atoms with Gasteiger partial charge in [0.15, 0.2) is 9.84 Å². The molecule has 6 nitrogen and oxygen atoms in total. The number of pyridine rings is 1. The summed E-state index contributed by atoms with van der Waals surface area (Å²) in [6, 6.07) is 11.5. The van der Waals surface area contributed by atoms with Gasteiger partial charge in [-0.1, -0.05) is 6.07 Å². The van der Waals surface area contributed by atoms with Crippen molar-refractivity contribution in [1.82, 2.24) is 10.3 Å². The summed E-state index contributed by atoms with van der Waals surface area (Å²) in [5.41, 5.74) is 3.34. The molecule has 0 aliphatic carbocycles. The Hall–Kier alpha value is -2.93. The molecule has 27 heavy (non-hydrogen) atoms. The molecule has 7 heteroatoms. The van der Waals surface area contributed by atoms with Crippen molar-refractivity contribution < 1.29 is 13.2 Å². The Balaban J connectivity index is 1.84. The number of H-pyrrole nitrogens is 1. The van der Waals surface area contributed by atoms with Gasteiger partial charge >= 0.3 is 0 Å². The highest BCUT2D eigenvalue weighted by atomic mass is 32.2. The number of sulfone groups is 1. The van der Waals surface area contributed by atoms with Gasteiger partial charge in [0.2, 0.25) is 0 Å². The number of fused-ring (bicyclic) bond motifs is 1. The lowest BCUT2D eigenvalue weighted by atomic mass is 10.0. The molecule has 1 aromatic heterocycles. The van der Waals surface area contributed by atoms with Gasteiger partial charge in [-0.05, 0) is 66.8 Å². The molecule has 0 aliphatic rings. The standard InChI is InChI=1S/C20H20N2O4S/c1-12-7-15-9-16(20(24)22-18(15)8-13(12)2)11-21-19(23)14-5-4-6-17(10-14)27(3,25)26/h4-10H,11H2,1-3H3,(H,21,23)(H,22,24). The first kappa shape index (κ1) is 18.8. The quantitative estimate of drug-likeness (QED) is 0.722. The second kappa shape index (κ2) is 7.00. The number of rotatable bonds is 4. The number of hydrogen-bond donors (Lipinski definition) is 2. The average molecular weight is 384 g/mol. The summed E-state index contributed by atoms with van der Waals surface area (Å²) in [6.45, 7) is 4.02. The van der Waals surface area contributed by atoms with Crippen molar-refractivity contribution in [3.8, 4) is 0 Å². The van der Waals surface area contributed by atoms with Crippen LogP contribution in [0.3, 0.4) is 0 Å². The molecular weight excluding hydrogens is 364 g/mol. The van der Waals surface area contributed by atoms with Crippen LogP contribution < -0.4 is 10.9 Å². The normalized spacial score (nSPS) is 11.5. The first-order chi connectivity index (χ1) is 12.6. The molecule has 0 fully saturated rings. The fourth-order valence-electron chi connectivity index (χ4n) is 2.80. The number of aryl methyl sites for hydroxylation is 2. The van der Waals surface area contributed by atoms with E-state index >= 15 is 0 Å². The lowest BCUT2D eigenvalue weighted by Gasteiger charge is -2.08. The first-order valence-corrected chi connectivity index (χ1v) is 10.3. The Morgan fingerprint density at radius 3 is 2.48 bits per heavy atom. The van der Waals surface area contributed by atoms with Crippen LogP contribution in [0, 0.1) is 13.8 Å². The van der Waals surface area contributed by atoms with Gasteiger partial charge in [-0.3, -0.25) is 9.59 Å². The van der Waals surface area contributed by atoms with E-state index in [0.29, 0.717) is 5.56 Å². The highest BCUT2D eigenvalue weighted by Gasteiger charge is 2.12. The van der Waals surface area contributed by atoms with Crippen molar-refractivity contribution >= 4 is 26.6 Å². The smallest absolute Gasteiger partial charge is 0.253 e. The number of benzene rings is 2. The zero-order valence-electron chi connectivity index (χ0n) is 15.3. The minimum absolute atomic E-state index is 0.0418. The molecule has 140 valence electrons. The Morgan fingerprint density at radius 2 is 1.78 bits per heavy atom. The van der Waals surface area contributed by atoms with Crippen LogP contribution in [0.5, 0.6) is 0 Å². The summed E-state index contributed by atoms with van der Waals surface area (Å²) in [4.78, 5) is 27.5. The highest BCUT2D eigenvalue weighted by molar-refractivity contribution is 7.90. The van der Waals surface area contributed by atoms with Crippen molar-refractivity contribution in [2.75, 3.05) is 6.26 Å². The van der Waals surface area contributed by atoms with Gasteiger partial charge in [0.25, 0.3) is 11.5 Å². The van der Waals surface area contributed by atoms with E-state index in [1.165, 1.54) is 24.3 Å². The maximum atomic E-state index is 12.4. The van der Waals surface area contributed by atoms with Crippen LogP contribution in [0.1, 0.15) is 27.0 Å². The maximum Gasteiger partial charge on any atom is 0.253 e. The van der Waals surface area contributed by atoms with Gasteiger partial charge in [-0.2, -0.15) is 0 Å². The third kappa shape index (κ3) is 4.09. The molecule has 3 aromatic rings. The van der Waals surface area contributed by atoms with Gasteiger partial charge < -0.3 is 10.3 Å². The number of carbonyl (C=O) groups excluding carboxylic acids is 1. The summed E-state index contributed by atoms with van der Waals surface area (Å²) in [5.74, 6) is -0.444. The average Bonchev–Trinajstić information content (AvgIpc) is 2.61. The number of aromatic amines is 1. The number of carbonyl (C=O) groups is 1. The van der Waals surface area contributed by atoms with Crippen molar-refractivity contribution in [3.05, 3.63) is 75.1 Å². The molecule has 0 spiro atoms. The molecule has 0 radical (unpaired) electrons. The van der Waals surface area contributed by atoms with Crippen molar-refractivity contribution in [3.63, 3.8) is 0 Å². The van der Waals surface area contributed by atoms with Crippen LogP contribution in [0.4, 0.5) is 0 Å². The summed E-state index contributed by atoms with van der Waals surface area (Å²) in [5, 5.41) is 3.56. The summed E-state index contributed by atoms with van der Waals surface area (Å²) in [6.07, 6.45) is 1.09. The Bertz CT molecular complexity index is 1210. The lowest BCUT2D eigenvalue weighted by Crippen LogP contribution is -2.26. The van der Waals surface area contributed by atoms with E-state index in [-0.39, 0.29) is 22.6 Å². The molecule has 0 saturated heterocycles. The molecule has 0 bridgehead atoms. The third-order valence-electron chi connectivity index (χ3n) is 4.50. The predicted octanol–water partition coefficient (Wildman–Crippen LogP) is 2.48. The second-order valence-corrected chi connectivity index (χ2v) is 8.65. The van der Waals surface area contributed by atoms with Crippen molar-refractivity contribution in [2.24, 2.45) is 0 Å². The minimum atomic E-state index is -3.40. The van der Waals surface area contributed by atoms with Crippen LogP contribution in [-0.2, 0) is 16.4 Å². The molecule has 0 saturated carbocycles. The topological polar surface area (TPSA) is 96.1 Å². The Kier molecular flexibility index (Phi) is 4.89. The van der Waals surface area contributed by atoms with Gasteiger partial charge in [-0.15, -0.1) is 0 Å². The van der Waals surface area contributed by atoms with Crippen LogP contribution in [-0.4, -0.2) is 25.6 Å². The van der Waals surface area contributed by atoms with Crippen LogP contribution >= 0.6 is 0 Å². The van der Waals surface area contributed by atoms with Gasteiger partial charge in [0.1, 0.15) is 0 Å². The first-order valence-electron chi connectivity index (χ1n) is 8.36. The molecule has 2 aromatic carbocycles. The zero-order chi connectivity index (χ0) is 19.8. The minimum Gasteiger partial charge on any atom is -0.348 e. The highest BCUT2D eigenvalue weighted by Crippen LogP contribution is 2.17. The third-order valence-corrected chi connectivity index (χ3v) is 5.61. The van der Waals surface area contributed by atoms with E-state index in [1.807, 2.05) is 26.0 Å². The molecule has 0 unspecified atom stereocenters. The molecule has 1 heterocycles. The largest absolute Gasteiger partial charge is 0.348 e.